The van der Waals surface area contributed by atoms with Crippen molar-refractivity contribution >= 4 is 16.7 Å². The zero-order chi connectivity index (χ0) is 17.4. The summed E-state index contributed by atoms with van der Waals surface area (Å²) in [5.74, 6) is 0.721. The van der Waals surface area contributed by atoms with Gasteiger partial charge < -0.3 is 0 Å². The number of hydroxylamine groups is 1. The maximum Gasteiger partial charge on any atom is 0.190 e. The van der Waals surface area contributed by atoms with Crippen LogP contribution in [0.5, 0.6) is 0 Å². The topological polar surface area (TPSA) is 65.5 Å². The fourth-order valence-corrected chi connectivity index (χ4v) is 3.75. The predicted molar refractivity (Wildman–Crippen MR) is 101 cm³/mol. The van der Waals surface area contributed by atoms with Crippen LogP contribution in [0.3, 0.4) is 0 Å². The minimum absolute atomic E-state index is 0.470. The summed E-state index contributed by atoms with van der Waals surface area (Å²) in [6, 6.07) is 18.7. The number of hydrogen-bond acceptors (Lipinski definition) is 5. The molecule has 1 spiro atoms. The van der Waals surface area contributed by atoms with Crippen LogP contribution in [-0.2, 0) is 11.4 Å². The van der Waals surface area contributed by atoms with E-state index in [1.807, 2.05) is 24.3 Å². The van der Waals surface area contributed by atoms with Gasteiger partial charge in [0.25, 0.3) is 0 Å². The van der Waals surface area contributed by atoms with Crippen molar-refractivity contribution in [2.75, 3.05) is 13.1 Å². The second kappa shape index (κ2) is 6.23. The first kappa shape index (κ1) is 15.5. The second-order valence-corrected chi connectivity index (χ2v) is 6.99. The number of rotatable bonds is 3. The number of benzene rings is 2. The number of aromatic nitrogens is 2. The summed E-state index contributed by atoms with van der Waals surface area (Å²) in [4.78, 5) is 13.3. The van der Waals surface area contributed by atoms with Gasteiger partial charge >= 0.3 is 0 Å². The summed E-state index contributed by atoms with van der Waals surface area (Å²) < 4.78 is 0. The third kappa shape index (κ3) is 2.77. The highest BCUT2D eigenvalue weighted by molar-refractivity contribution is 6.07. The fraction of sp³-hybridized carbons (Fsp3) is 0.300. The predicted octanol–water partition coefficient (Wildman–Crippen LogP) is 2.84. The van der Waals surface area contributed by atoms with Gasteiger partial charge in [-0.3, -0.25) is 10.00 Å². The summed E-state index contributed by atoms with van der Waals surface area (Å²) in [7, 11) is 0. The Morgan fingerprint density at radius 1 is 1.00 bits per heavy atom. The van der Waals surface area contributed by atoms with Gasteiger partial charge in [-0.2, -0.15) is 5.10 Å². The molecule has 0 amide bonds. The van der Waals surface area contributed by atoms with Crippen molar-refractivity contribution in [3.05, 3.63) is 65.9 Å². The lowest BCUT2D eigenvalue weighted by atomic mass is 10.0. The van der Waals surface area contributed by atoms with E-state index in [2.05, 4.69) is 50.9 Å². The monoisotopic (exact) mass is 347 g/mol. The molecule has 3 aromatic rings. The van der Waals surface area contributed by atoms with Crippen LogP contribution in [0.4, 0.5) is 0 Å². The molecule has 0 saturated carbocycles. The van der Waals surface area contributed by atoms with Gasteiger partial charge in [-0.25, -0.2) is 15.3 Å². The van der Waals surface area contributed by atoms with E-state index in [4.69, 9.17) is 9.83 Å². The summed E-state index contributed by atoms with van der Waals surface area (Å²) in [5.41, 5.74) is 5.73. The molecule has 1 fully saturated rings. The number of nitrogens with one attached hydrogen (secondary N) is 2. The molecule has 3 heterocycles. The lowest BCUT2D eigenvalue weighted by Gasteiger charge is -2.35. The van der Waals surface area contributed by atoms with Gasteiger partial charge in [-0.15, -0.1) is 0 Å². The van der Waals surface area contributed by atoms with Crippen molar-refractivity contribution < 1.29 is 4.84 Å². The van der Waals surface area contributed by atoms with E-state index in [-0.39, 0.29) is 0 Å². The Bertz CT molecular complexity index is 941. The minimum atomic E-state index is -0.470. The molecule has 2 aliphatic heterocycles. The second-order valence-electron chi connectivity index (χ2n) is 6.99. The number of amidine groups is 1. The van der Waals surface area contributed by atoms with Gasteiger partial charge in [0.1, 0.15) is 5.69 Å². The van der Waals surface area contributed by atoms with Crippen molar-refractivity contribution in [3.8, 4) is 0 Å². The van der Waals surface area contributed by atoms with Crippen LogP contribution < -0.4 is 5.48 Å². The smallest absolute Gasteiger partial charge is 0.190 e. The number of nitrogens with zero attached hydrogens (tertiary/aromatic N) is 3. The molecule has 132 valence electrons. The van der Waals surface area contributed by atoms with E-state index in [1.54, 1.807) is 0 Å². The maximum atomic E-state index is 5.93. The number of aromatic amines is 1. The van der Waals surface area contributed by atoms with Crippen molar-refractivity contribution in [1.82, 2.24) is 20.6 Å². The zero-order valence-electron chi connectivity index (χ0n) is 14.5. The van der Waals surface area contributed by atoms with Crippen LogP contribution in [0.15, 0.2) is 59.6 Å². The number of hydrogen-bond donors (Lipinski definition) is 2. The number of aliphatic imine (C=N–C) groups is 1. The Kier molecular flexibility index (Phi) is 3.72. The number of piperidine rings is 1. The Morgan fingerprint density at radius 2 is 1.77 bits per heavy atom. The minimum Gasteiger partial charge on any atom is -0.299 e. The third-order valence-electron chi connectivity index (χ3n) is 5.23. The standard InChI is InChI=1S/C20H21N5O/c1-2-6-15(7-3-1)14-25-12-10-20(11-13-25)21-19(24-26-20)18-16-8-4-5-9-17(16)22-23-18/h1-9H,10-14H2,(H,21,24)(H,22,23). The molecule has 26 heavy (non-hydrogen) atoms. The Balaban J connectivity index is 1.31. The summed E-state index contributed by atoms with van der Waals surface area (Å²) >= 11 is 0. The van der Waals surface area contributed by atoms with Crippen LogP contribution in [0.2, 0.25) is 0 Å². The summed E-state index contributed by atoms with van der Waals surface area (Å²) in [6.07, 6.45) is 1.75. The molecule has 1 aromatic heterocycles. The number of H-pyrrole nitrogens is 1. The molecule has 6 heteroatoms. The van der Waals surface area contributed by atoms with Crippen LogP contribution >= 0.6 is 0 Å². The van der Waals surface area contributed by atoms with Crippen LogP contribution in [0.1, 0.15) is 24.1 Å². The van der Waals surface area contributed by atoms with Crippen molar-refractivity contribution in [3.63, 3.8) is 0 Å². The van der Waals surface area contributed by atoms with Gasteiger partial charge in [0.05, 0.1) is 5.52 Å². The molecule has 2 N–H and O–H groups in total. The van der Waals surface area contributed by atoms with Gasteiger partial charge in [-0.05, 0) is 11.6 Å². The quantitative estimate of drug-likeness (QED) is 0.765. The summed E-state index contributed by atoms with van der Waals surface area (Å²) in [5, 5.41) is 8.53. The first-order valence-electron chi connectivity index (χ1n) is 9.05. The normalized spacial score (nSPS) is 19.6. The highest BCUT2D eigenvalue weighted by Crippen LogP contribution is 2.32. The molecular weight excluding hydrogens is 326 g/mol. The molecule has 0 aliphatic carbocycles. The number of fused-ring (bicyclic) bond motifs is 1. The molecule has 0 atom stereocenters. The molecule has 0 radical (unpaired) electrons. The van der Waals surface area contributed by atoms with Crippen molar-refractivity contribution in [2.24, 2.45) is 4.99 Å². The fourth-order valence-electron chi connectivity index (χ4n) is 3.75. The molecule has 6 nitrogen and oxygen atoms in total. The van der Waals surface area contributed by atoms with E-state index in [1.165, 1.54) is 5.56 Å². The molecule has 5 rings (SSSR count). The number of likely N-dealkylation sites (tertiary alicyclic amines) is 1. The Labute approximate surface area is 151 Å². The Hall–Kier alpha value is -2.70. The largest absolute Gasteiger partial charge is 0.299 e. The lowest BCUT2D eigenvalue weighted by molar-refractivity contribution is -0.0901. The Morgan fingerprint density at radius 3 is 2.62 bits per heavy atom. The molecule has 2 aliphatic rings. The lowest BCUT2D eigenvalue weighted by Crippen LogP contribution is -2.44. The molecule has 0 bridgehead atoms. The van der Waals surface area contributed by atoms with E-state index < -0.39 is 5.72 Å². The van der Waals surface area contributed by atoms with Crippen molar-refractivity contribution in [1.29, 1.82) is 0 Å². The highest BCUT2D eigenvalue weighted by atomic mass is 16.7. The van der Waals surface area contributed by atoms with Crippen LogP contribution in [0, 0.1) is 0 Å². The SMILES string of the molecule is c1ccc(CN2CCC3(CC2)N=C(c2n[nH]c4ccccc24)NO3)cc1. The van der Waals surface area contributed by atoms with Gasteiger partial charge in [0.2, 0.25) is 0 Å². The average Bonchev–Trinajstić information content (AvgIpc) is 3.29. The first-order chi connectivity index (χ1) is 12.8. The summed E-state index contributed by atoms with van der Waals surface area (Å²) in [6.45, 7) is 2.91. The van der Waals surface area contributed by atoms with E-state index in [0.717, 1.165) is 54.9 Å². The van der Waals surface area contributed by atoms with E-state index >= 15 is 0 Å². The molecule has 2 aromatic carbocycles. The van der Waals surface area contributed by atoms with E-state index in [0.29, 0.717) is 0 Å². The van der Waals surface area contributed by atoms with E-state index in [9.17, 15) is 0 Å². The first-order valence-corrected chi connectivity index (χ1v) is 9.05. The van der Waals surface area contributed by atoms with Crippen LogP contribution in [-0.4, -0.2) is 39.7 Å². The third-order valence-corrected chi connectivity index (χ3v) is 5.23. The number of para-hydroxylation sites is 1. The molecule has 0 unspecified atom stereocenters. The van der Waals surface area contributed by atoms with Crippen molar-refractivity contribution in [2.45, 2.75) is 25.1 Å². The molecular formula is C20H21N5O. The average molecular weight is 347 g/mol. The highest BCUT2D eigenvalue weighted by Gasteiger charge is 2.41. The van der Waals surface area contributed by atoms with Gasteiger partial charge in [-0.1, -0.05) is 48.5 Å². The zero-order valence-corrected chi connectivity index (χ0v) is 14.5. The van der Waals surface area contributed by atoms with Gasteiger partial charge in [0.15, 0.2) is 11.6 Å². The molecule has 1 saturated heterocycles. The van der Waals surface area contributed by atoms with Gasteiger partial charge in [0, 0.05) is 37.9 Å². The maximum absolute atomic E-state index is 5.93. The van der Waals surface area contributed by atoms with Crippen LogP contribution in [0.25, 0.3) is 10.9 Å².